The lowest BCUT2D eigenvalue weighted by molar-refractivity contribution is 0.555. The van der Waals surface area contributed by atoms with E-state index in [2.05, 4.69) is 35.4 Å². The fourth-order valence-electron chi connectivity index (χ4n) is 1.59. The lowest BCUT2D eigenvalue weighted by Crippen LogP contribution is -2.13. The van der Waals surface area contributed by atoms with E-state index >= 15 is 0 Å². The van der Waals surface area contributed by atoms with Crippen molar-refractivity contribution in [2.45, 2.75) is 51.9 Å². The van der Waals surface area contributed by atoms with E-state index in [0.717, 1.165) is 23.4 Å². The highest BCUT2D eigenvalue weighted by molar-refractivity contribution is 7.09. The summed E-state index contributed by atoms with van der Waals surface area (Å²) >= 11 is 1.48. The van der Waals surface area contributed by atoms with Crippen LogP contribution in [0.5, 0.6) is 0 Å². The molecule has 0 radical (unpaired) electrons. The Morgan fingerprint density at radius 1 is 1.38 bits per heavy atom. The zero-order valence-electron chi connectivity index (χ0n) is 10.4. The summed E-state index contributed by atoms with van der Waals surface area (Å²) in [5.74, 6) is 1.98. The predicted molar refractivity (Wildman–Crippen MR) is 69.1 cm³/mol. The van der Waals surface area contributed by atoms with Gasteiger partial charge in [-0.15, -0.1) is 0 Å². The lowest BCUT2D eigenvalue weighted by Gasteiger charge is -2.12. The number of hydrogen-bond acceptors (Lipinski definition) is 4. The van der Waals surface area contributed by atoms with Crippen molar-refractivity contribution in [2.75, 3.05) is 11.9 Å². The molecule has 0 atom stereocenters. The fourth-order valence-corrected chi connectivity index (χ4v) is 2.37. The molecule has 1 aromatic heterocycles. The maximum atomic E-state index is 4.51. The molecule has 0 aliphatic heterocycles. The van der Waals surface area contributed by atoms with Crippen LogP contribution in [0, 0.1) is 5.92 Å². The van der Waals surface area contributed by atoms with Crippen LogP contribution in [0.25, 0.3) is 0 Å². The van der Waals surface area contributed by atoms with Crippen LogP contribution in [0.15, 0.2) is 0 Å². The fraction of sp³-hybridized carbons (Fsp3) is 0.833. The third kappa shape index (κ3) is 3.44. The molecule has 1 aliphatic carbocycles. The Balaban J connectivity index is 1.73. The Bertz CT molecular complexity index is 336. The van der Waals surface area contributed by atoms with Gasteiger partial charge in [-0.25, -0.2) is 4.98 Å². The minimum Gasteiger partial charge on any atom is -0.360 e. The van der Waals surface area contributed by atoms with E-state index in [1.54, 1.807) is 0 Å². The topological polar surface area (TPSA) is 37.8 Å². The van der Waals surface area contributed by atoms with Crippen molar-refractivity contribution < 1.29 is 0 Å². The maximum absolute atomic E-state index is 4.51. The average Bonchev–Trinajstić information content (AvgIpc) is 2.88. The standard InChI is InChI=1S/C12H21N3S/c1-12(2,3)10-14-11(16-15-10)13-8-4-5-9-6-7-9/h9H,4-8H2,1-3H3,(H,13,14,15). The van der Waals surface area contributed by atoms with Crippen LogP contribution in [0.1, 0.15) is 52.3 Å². The van der Waals surface area contributed by atoms with Crippen molar-refractivity contribution in [3.05, 3.63) is 5.82 Å². The first kappa shape index (κ1) is 11.8. The van der Waals surface area contributed by atoms with Gasteiger partial charge in [0.1, 0.15) is 5.82 Å². The van der Waals surface area contributed by atoms with E-state index in [1.807, 2.05) is 0 Å². The number of anilines is 1. The zero-order chi connectivity index (χ0) is 11.6. The molecule has 4 heteroatoms. The van der Waals surface area contributed by atoms with Gasteiger partial charge in [-0.1, -0.05) is 33.6 Å². The van der Waals surface area contributed by atoms with Gasteiger partial charge in [0.05, 0.1) is 0 Å². The van der Waals surface area contributed by atoms with Crippen LogP contribution < -0.4 is 5.32 Å². The lowest BCUT2D eigenvalue weighted by atomic mass is 9.96. The Labute approximate surface area is 102 Å². The van der Waals surface area contributed by atoms with Gasteiger partial charge in [-0.05, 0) is 18.8 Å². The molecular weight excluding hydrogens is 218 g/mol. The van der Waals surface area contributed by atoms with E-state index in [9.17, 15) is 0 Å². The smallest absolute Gasteiger partial charge is 0.202 e. The van der Waals surface area contributed by atoms with Gasteiger partial charge in [0.25, 0.3) is 0 Å². The van der Waals surface area contributed by atoms with Crippen LogP contribution in [0.4, 0.5) is 5.13 Å². The summed E-state index contributed by atoms with van der Waals surface area (Å²) in [4.78, 5) is 4.51. The first-order valence-electron chi connectivity index (χ1n) is 6.14. The number of nitrogens with zero attached hydrogens (tertiary/aromatic N) is 2. The van der Waals surface area contributed by atoms with Gasteiger partial charge < -0.3 is 5.32 Å². The molecule has 1 fully saturated rings. The minimum atomic E-state index is 0.0600. The van der Waals surface area contributed by atoms with Crippen LogP contribution in [0.2, 0.25) is 0 Å². The second-order valence-corrected chi connectivity index (χ2v) is 6.44. The summed E-state index contributed by atoms with van der Waals surface area (Å²) in [6.07, 6.45) is 5.53. The van der Waals surface area contributed by atoms with Crippen molar-refractivity contribution in [1.82, 2.24) is 9.36 Å². The summed E-state index contributed by atoms with van der Waals surface area (Å²) in [7, 11) is 0. The van der Waals surface area contributed by atoms with Gasteiger partial charge >= 0.3 is 0 Å². The zero-order valence-corrected chi connectivity index (χ0v) is 11.2. The normalized spacial score (nSPS) is 16.4. The molecule has 1 N–H and O–H groups in total. The summed E-state index contributed by atoms with van der Waals surface area (Å²) in [6.45, 7) is 7.47. The van der Waals surface area contributed by atoms with Crippen molar-refractivity contribution in [3.63, 3.8) is 0 Å². The highest BCUT2D eigenvalue weighted by atomic mass is 32.1. The van der Waals surface area contributed by atoms with Gasteiger partial charge in [0.15, 0.2) is 0 Å². The van der Waals surface area contributed by atoms with Crippen molar-refractivity contribution >= 4 is 16.7 Å². The third-order valence-electron chi connectivity index (χ3n) is 2.86. The molecule has 3 nitrogen and oxygen atoms in total. The molecule has 90 valence electrons. The Morgan fingerprint density at radius 3 is 2.69 bits per heavy atom. The van der Waals surface area contributed by atoms with Gasteiger partial charge in [-0.3, -0.25) is 0 Å². The predicted octanol–water partition coefficient (Wildman–Crippen LogP) is 3.44. The van der Waals surface area contributed by atoms with Gasteiger partial charge in [-0.2, -0.15) is 4.37 Å². The Morgan fingerprint density at radius 2 is 2.12 bits per heavy atom. The minimum absolute atomic E-state index is 0.0600. The van der Waals surface area contributed by atoms with Crippen LogP contribution >= 0.6 is 11.5 Å². The molecule has 1 aliphatic rings. The van der Waals surface area contributed by atoms with E-state index in [0.29, 0.717) is 0 Å². The first-order valence-corrected chi connectivity index (χ1v) is 6.91. The molecule has 0 spiro atoms. The monoisotopic (exact) mass is 239 g/mol. The van der Waals surface area contributed by atoms with Crippen LogP contribution in [0.3, 0.4) is 0 Å². The largest absolute Gasteiger partial charge is 0.360 e. The quantitative estimate of drug-likeness (QED) is 0.800. The SMILES string of the molecule is CC(C)(C)c1nsc(NCCCC2CC2)n1. The Kier molecular flexibility index (Phi) is 3.47. The summed E-state index contributed by atoms with van der Waals surface area (Å²) < 4.78 is 4.38. The number of nitrogens with one attached hydrogen (secondary N) is 1. The first-order chi connectivity index (χ1) is 7.55. The molecule has 16 heavy (non-hydrogen) atoms. The van der Waals surface area contributed by atoms with Gasteiger partial charge in [0, 0.05) is 23.5 Å². The Hall–Kier alpha value is -0.640. The molecule has 1 heterocycles. The molecule has 0 aromatic carbocycles. The molecule has 0 bridgehead atoms. The third-order valence-corrected chi connectivity index (χ3v) is 3.53. The average molecular weight is 239 g/mol. The highest BCUT2D eigenvalue weighted by Gasteiger charge is 2.21. The summed E-state index contributed by atoms with van der Waals surface area (Å²) in [6, 6.07) is 0. The second-order valence-electron chi connectivity index (χ2n) is 5.69. The van der Waals surface area contributed by atoms with E-state index in [-0.39, 0.29) is 5.41 Å². The van der Waals surface area contributed by atoms with E-state index in [4.69, 9.17) is 0 Å². The molecule has 2 rings (SSSR count). The van der Waals surface area contributed by atoms with Crippen molar-refractivity contribution in [1.29, 1.82) is 0 Å². The molecule has 0 amide bonds. The van der Waals surface area contributed by atoms with Gasteiger partial charge in [0.2, 0.25) is 5.13 Å². The molecular formula is C12H21N3S. The molecule has 1 saturated carbocycles. The number of aromatic nitrogens is 2. The maximum Gasteiger partial charge on any atom is 0.202 e. The van der Waals surface area contributed by atoms with Crippen molar-refractivity contribution in [2.24, 2.45) is 5.92 Å². The molecule has 0 saturated heterocycles. The molecule has 0 unspecified atom stereocenters. The van der Waals surface area contributed by atoms with Crippen LogP contribution in [-0.2, 0) is 5.41 Å². The summed E-state index contributed by atoms with van der Waals surface area (Å²) in [5, 5.41) is 4.34. The highest BCUT2D eigenvalue weighted by Crippen LogP contribution is 2.33. The van der Waals surface area contributed by atoms with Crippen LogP contribution in [-0.4, -0.2) is 15.9 Å². The summed E-state index contributed by atoms with van der Waals surface area (Å²) in [5.41, 5.74) is 0.0600. The number of rotatable bonds is 5. The number of hydrogen-bond donors (Lipinski definition) is 1. The second kappa shape index (κ2) is 4.70. The molecule has 1 aromatic rings. The van der Waals surface area contributed by atoms with Crippen molar-refractivity contribution in [3.8, 4) is 0 Å². The van der Waals surface area contributed by atoms with E-state index < -0.39 is 0 Å². The van der Waals surface area contributed by atoms with E-state index in [1.165, 1.54) is 37.2 Å².